The molecule has 1 aromatic carbocycles. The lowest BCUT2D eigenvalue weighted by Crippen LogP contribution is -2.27. The van der Waals surface area contributed by atoms with Crippen LogP contribution in [0.5, 0.6) is 0 Å². The lowest BCUT2D eigenvalue weighted by Gasteiger charge is -2.42. The standard InChI is InChI=1S/C18H28NOP/c1-8-20-14-15-21(17(2,3)4,18(5,6)7)19-16-12-10-9-11-13-16/h9-13H,8H2,1-7H3. The number of hydrogen-bond acceptors (Lipinski definition) is 2. The van der Waals surface area contributed by atoms with Crippen LogP contribution in [-0.2, 0) is 4.74 Å². The van der Waals surface area contributed by atoms with Crippen LogP contribution in [0.3, 0.4) is 0 Å². The summed E-state index contributed by atoms with van der Waals surface area (Å²) >= 11 is 0. The Balaban J connectivity index is 3.62. The maximum absolute atomic E-state index is 5.32. The summed E-state index contributed by atoms with van der Waals surface area (Å²) in [6.07, 6.45) is 2.91. The van der Waals surface area contributed by atoms with Crippen molar-refractivity contribution in [3.8, 4) is 11.8 Å². The SMILES string of the molecule is CCOC#CP(=Nc1ccccc1)(C(C)(C)C)C(C)(C)C. The number of hydrogen-bond donors (Lipinski definition) is 0. The van der Waals surface area contributed by atoms with E-state index in [1.807, 2.05) is 25.1 Å². The lowest BCUT2D eigenvalue weighted by atomic mass is 10.2. The molecule has 21 heavy (non-hydrogen) atoms. The maximum atomic E-state index is 5.32. The van der Waals surface area contributed by atoms with Crippen LogP contribution in [0.25, 0.3) is 0 Å². The Morgan fingerprint density at radius 2 is 1.52 bits per heavy atom. The molecule has 0 saturated heterocycles. The van der Waals surface area contributed by atoms with Crippen LogP contribution in [-0.4, -0.2) is 16.9 Å². The summed E-state index contributed by atoms with van der Waals surface area (Å²) in [5.74, 6) is 0. The molecule has 0 unspecified atom stereocenters. The van der Waals surface area contributed by atoms with Crippen LogP contribution < -0.4 is 0 Å². The molecule has 0 atom stereocenters. The van der Waals surface area contributed by atoms with Gasteiger partial charge in [0.1, 0.15) is 6.11 Å². The van der Waals surface area contributed by atoms with Crippen LogP contribution in [0.4, 0.5) is 5.69 Å². The van der Waals surface area contributed by atoms with Crippen LogP contribution in [0.2, 0.25) is 0 Å². The number of benzene rings is 1. The molecule has 0 amide bonds. The monoisotopic (exact) mass is 305 g/mol. The van der Waals surface area contributed by atoms with Gasteiger partial charge in [0.2, 0.25) is 0 Å². The van der Waals surface area contributed by atoms with Crippen molar-refractivity contribution < 1.29 is 4.74 Å². The second kappa shape index (κ2) is 6.71. The minimum atomic E-state index is -1.98. The molecule has 116 valence electrons. The van der Waals surface area contributed by atoms with Crippen molar-refractivity contribution in [1.82, 2.24) is 0 Å². The molecule has 0 aliphatic rings. The van der Waals surface area contributed by atoms with Crippen molar-refractivity contribution in [3.05, 3.63) is 30.3 Å². The van der Waals surface area contributed by atoms with Crippen LogP contribution in [0.1, 0.15) is 48.5 Å². The predicted octanol–water partition coefficient (Wildman–Crippen LogP) is 6.07. The fourth-order valence-corrected chi connectivity index (χ4v) is 6.51. The van der Waals surface area contributed by atoms with Gasteiger partial charge < -0.3 is 4.74 Å². The third kappa shape index (κ3) is 4.14. The molecular weight excluding hydrogens is 277 g/mol. The van der Waals surface area contributed by atoms with Gasteiger partial charge in [-0.3, -0.25) is 4.74 Å². The zero-order valence-electron chi connectivity index (χ0n) is 14.4. The highest BCUT2D eigenvalue weighted by Gasteiger charge is 2.42. The number of rotatable bonds is 2. The minimum Gasteiger partial charge on any atom is -0.447 e. The van der Waals surface area contributed by atoms with Crippen molar-refractivity contribution in [2.45, 2.75) is 58.8 Å². The third-order valence-corrected chi connectivity index (χ3v) is 8.22. The number of ether oxygens (including phenoxy) is 1. The first-order valence-electron chi connectivity index (χ1n) is 7.46. The molecule has 0 aliphatic carbocycles. The van der Waals surface area contributed by atoms with Crippen LogP contribution >= 0.6 is 7.05 Å². The van der Waals surface area contributed by atoms with E-state index in [0.717, 1.165) is 5.69 Å². The van der Waals surface area contributed by atoms with E-state index in [-0.39, 0.29) is 10.3 Å². The van der Waals surface area contributed by atoms with Gasteiger partial charge in [0, 0.05) is 10.3 Å². The van der Waals surface area contributed by atoms with Crippen molar-refractivity contribution in [3.63, 3.8) is 0 Å². The Morgan fingerprint density at radius 3 is 1.95 bits per heavy atom. The Kier molecular flexibility index (Phi) is 5.71. The smallest absolute Gasteiger partial charge is 0.116 e. The van der Waals surface area contributed by atoms with Crippen molar-refractivity contribution >= 4 is 12.7 Å². The van der Waals surface area contributed by atoms with Crippen LogP contribution in [0, 0.1) is 11.8 Å². The van der Waals surface area contributed by atoms with Crippen molar-refractivity contribution in [2.75, 3.05) is 6.61 Å². The molecule has 0 spiro atoms. The first kappa shape index (κ1) is 17.9. The average Bonchev–Trinajstić information content (AvgIpc) is 2.36. The molecule has 0 aliphatic heterocycles. The van der Waals surface area contributed by atoms with Gasteiger partial charge in [-0.05, 0) is 24.7 Å². The Labute approximate surface area is 130 Å². The average molecular weight is 305 g/mol. The maximum Gasteiger partial charge on any atom is 0.116 e. The Morgan fingerprint density at radius 1 is 1.00 bits per heavy atom. The second-order valence-corrected chi connectivity index (χ2v) is 11.4. The Hall–Kier alpha value is -1.19. The largest absolute Gasteiger partial charge is 0.447 e. The van der Waals surface area contributed by atoms with E-state index in [0.29, 0.717) is 6.61 Å². The molecular formula is C18H28NOP. The predicted molar refractivity (Wildman–Crippen MR) is 94.4 cm³/mol. The van der Waals surface area contributed by atoms with Gasteiger partial charge in [-0.15, -0.1) is 0 Å². The molecule has 1 aromatic rings. The summed E-state index contributed by atoms with van der Waals surface area (Å²) in [5.41, 5.74) is 4.44. The molecule has 1 rings (SSSR count). The summed E-state index contributed by atoms with van der Waals surface area (Å²) in [5, 5.41) is -0.0175. The highest BCUT2D eigenvalue weighted by molar-refractivity contribution is 7.74. The van der Waals surface area contributed by atoms with Gasteiger partial charge in [-0.1, -0.05) is 59.7 Å². The quantitative estimate of drug-likeness (QED) is 0.480. The second-order valence-electron chi connectivity index (χ2n) is 7.06. The van der Waals surface area contributed by atoms with Crippen LogP contribution in [0.15, 0.2) is 35.1 Å². The molecule has 0 fully saturated rings. The van der Waals surface area contributed by atoms with Gasteiger partial charge >= 0.3 is 0 Å². The van der Waals surface area contributed by atoms with E-state index in [9.17, 15) is 0 Å². The lowest BCUT2D eigenvalue weighted by molar-refractivity contribution is 0.299. The van der Waals surface area contributed by atoms with Gasteiger partial charge in [-0.25, -0.2) is 0 Å². The molecule has 3 heteroatoms. The highest BCUT2D eigenvalue weighted by Crippen LogP contribution is 2.69. The van der Waals surface area contributed by atoms with Gasteiger partial charge in [0.05, 0.1) is 19.3 Å². The van der Waals surface area contributed by atoms with E-state index >= 15 is 0 Å². The van der Waals surface area contributed by atoms with E-state index in [1.54, 1.807) is 0 Å². The minimum absolute atomic E-state index is 0.00874. The highest BCUT2D eigenvalue weighted by atomic mass is 31.2. The first-order valence-corrected chi connectivity index (χ1v) is 9.20. The summed E-state index contributed by atoms with van der Waals surface area (Å²) < 4.78 is 10.5. The molecule has 0 N–H and O–H groups in total. The molecule has 0 bridgehead atoms. The van der Waals surface area contributed by atoms with Gasteiger partial charge in [0.25, 0.3) is 0 Å². The molecule has 0 heterocycles. The van der Waals surface area contributed by atoms with Crippen molar-refractivity contribution in [1.29, 1.82) is 0 Å². The molecule has 0 radical (unpaired) electrons. The molecule has 0 saturated carbocycles. The van der Waals surface area contributed by atoms with E-state index in [1.165, 1.54) is 0 Å². The number of nitrogens with zero attached hydrogens (tertiary/aromatic N) is 1. The Bertz CT molecular complexity index is 547. The zero-order valence-corrected chi connectivity index (χ0v) is 15.3. The van der Waals surface area contributed by atoms with Gasteiger partial charge in [0.15, 0.2) is 0 Å². The van der Waals surface area contributed by atoms with Crippen molar-refractivity contribution in [2.24, 2.45) is 4.74 Å². The van der Waals surface area contributed by atoms with E-state index < -0.39 is 7.05 Å². The summed E-state index contributed by atoms with van der Waals surface area (Å²) in [4.78, 5) is 0. The first-order chi connectivity index (χ1) is 9.64. The topological polar surface area (TPSA) is 21.6 Å². The summed E-state index contributed by atoms with van der Waals surface area (Å²) in [6, 6.07) is 10.2. The molecule has 0 aromatic heterocycles. The van der Waals surface area contributed by atoms with Gasteiger partial charge in [-0.2, -0.15) is 0 Å². The third-order valence-electron chi connectivity index (χ3n) is 3.39. The normalized spacial score (nSPS) is 12.3. The molecule has 2 nitrogen and oxygen atoms in total. The summed E-state index contributed by atoms with van der Waals surface area (Å²) in [7, 11) is -1.98. The van der Waals surface area contributed by atoms with E-state index in [4.69, 9.17) is 9.48 Å². The summed E-state index contributed by atoms with van der Waals surface area (Å²) in [6.45, 7) is 16.0. The zero-order chi connectivity index (χ0) is 16.1. The fraction of sp³-hybridized carbons (Fsp3) is 0.556. The fourth-order valence-electron chi connectivity index (χ4n) is 2.51. The van der Waals surface area contributed by atoms with E-state index in [2.05, 4.69) is 65.4 Å².